The molecule has 0 fully saturated rings. The van der Waals surface area contributed by atoms with E-state index in [1.165, 1.54) is 6.26 Å². The van der Waals surface area contributed by atoms with Crippen LogP contribution in [-0.4, -0.2) is 57.0 Å². The Bertz CT molecular complexity index is 360. The van der Waals surface area contributed by atoms with Gasteiger partial charge in [0, 0.05) is 35.8 Å². The zero-order valence-electron chi connectivity index (χ0n) is 10.5. The fourth-order valence-electron chi connectivity index (χ4n) is 1.23. The van der Waals surface area contributed by atoms with Crippen molar-refractivity contribution in [3.63, 3.8) is 0 Å². The molecule has 0 aliphatic rings. The maximum atomic E-state index is 11.3. The summed E-state index contributed by atoms with van der Waals surface area (Å²) >= 11 is 0. The Balaban J connectivity index is 4.04. The summed E-state index contributed by atoms with van der Waals surface area (Å²) < 4.78 is 10.8. The summed E-state index contributed by atoms with van der Waals surface area (Å²) in [5, 5.41) is 21.9. The molecule has 0 spiro atoms. The van der Waals surface area contributed by atoms with Crippen LogP contribution in [0.2, 0.25) is 0 Å². The van der Waals surface area contributed by atoms with Gasteiger partial charge in [0.2, 0.25) is 0 Å². The Morgan fingerprint density at radius 3 is 2.37 bits per heavy atom. The monoisotopic (exact) mass is 294 g/mol. The third-order valence-electron chi connectivity index (χ3n) is 2.16. The summed E-state index contributed by atoms with van der Waals surface area (Å²) in [4.78, 5) is 32.5. The molecule has 0 aromatic rings. The molecule has 2 amide bonds. The Kier molecular flexibility index (Phi) is 8.51. The molecule has 2 atom stereocenters. The molecule has 9 heteroatoms. The number of carbonyl (C=O) groups excluding carboxylic acids is 1. The molecule has 0 bridgehead atoms. The quantitative estimate of drug-likeness (QED) is 0.447. The van der Waals surface area contributed by atoms with Crippen molar-refractivity contribution in [1.29, 1.82) is 0 Å². The van der Waals surface area contributed by atoms with Gasteiger partial charge in [0.05, 0.1) is 0 Å². The van der Waals surface area contributed by atoms with Crippen molar-refractivity contribution in [2.75, 3.05) is 18.6 Å². The molecule has 0 saturated heterocycles. The van der Waals surface area contributed by atoms with Crippen LogP contribution in [0.1, 0.15) is 19.3 Å². The van der Waals surface area contributed by atoms with Crippen molar-refractivity contribution in [2.45, 2.75) is 25.3 Å². The summed E-state index contributed by atoms with van der Waals surface area (Å²) in [5.41, 5.74) is 0. The number of rotatable bonds is 9. The van der Waals surface area contributed by atoms with Crippen LogP contribution in [0.15, 0.2) is 0 Å². The minimum Gasteiger partial charge on any atom is -0.481 e. The first-order chi connectivity index (χ1) is 8.82. The average molecular weight is 294 g/mol. The van der Waals surface area contributed by atoms with Gasteiger partial charge in [0.1, 0.15) is 6.04 Å². The lowest BCUT2D eigenvalue weighted by atomic mass is 10.1. The highest BCUT2D eigenvalue weighted by Gasteiger charge is 2.19. The number of amides is 2. The Morgan fingerprint density at radius 2 is 1.89 bits per heavy atom. The predicted octanol–water partition coefficient (Wildman–Crippen LogP) is -0.628. The van der Waals surface area contributed by atoms with Crippen molar-refractivity contribution < 1.29 is 28.8 Å². The van der Waals surface area contributed by atoms with Crippen molar-refractivity contribution in [3.8, 4) is 0 Å². The molecule has 0 rings (SSSR count). The van der Waals surface area contributed by atoms with Gasteiger partial charge in [-0.3, -0.25) is 9.00 Å². The highest BCUT2D eigenvalue weighted by molar-refractivity contribution is 7.84. The fourth-order valence-corrected chi connectivity index (χ4v) is 1.62. The van der Waals surface area contributed by atoms with Crippen molar-refractivity contribution in [2.24, 2.45) is 0 Å². The number of aliphatic carboxylic acids is 2. The van der Waals surface area contributed by atoms with Gasteiger partial charge < -0.3 is 20.8 Å². The summed E-state index contributed by atoms with van der Waals surface area (Å²) in [5.74, 6) is -1.96. The maximum absolute atomic E-state index is 11.3. The van der Waals surface area contributed by atoms with E-state index in [-0.39, 0.29) is 31.6 Å². The van der Waals surface area contributed by atoms with E-state index in [0.29, 0.717) is 0 Å². The number of nitrogens with one attached hydrogen (secondary N) is 2. The highest BCUT2D eigenvalue weighted by Crippen LogP contribution is 2.01. The van der Waals surface area contributed by atoms with E-state index in [0.717, 1.165) is 0 Å². The standard InChI is InChI=1S/C10H18N2O6S/c1-19(18)6-5-11-10(17)12-7(9(15)16)3-2-4-8(13)14/h7H,2-6H2,1H3,(H,13,14)(H,15,16)(H2,11,12,17)/t7-,19?/m1/s1. The average Bonchev–Trinajstić information content (AvgIpc) is 2.26. The lowest BCUT2D eigenvalue weighted by Gasteiger charge is -2.14. The fraction of sp³-hybridized carbons (Fsp3) is 0.700. The summed E-state index contributed by atoms with van der Waals surface area (Å²) in [6, 6.07) is -1.81. The molecule has 0 aromatic carbocycles. The van der Waals surface area contributed by atoms with Crippen LogP contribution in [0.5, 0.6) is 0 Å². The first kappa shape index (κ1) is 17.4. The summed E-state index contributed by atoms with van der Waals surface area (Å²) in [7, 11) is -1.04. The van der Waals surface area contributed by atoms with Crippen LogP contribution in [0.25, 0.3) is 0 Å². The highest BCUT2D eigenvalue weighted by atomic mass is 32.2. The van der Waals surface area contributed by atoms with Crippen LogP contribution in [-0.2, 0) is 20.4 Å². The van der Waals surface area contributed by atoms with Gasteiger partial charge >= 0.3 is 18.0 Å². The summed E-state index contributed by atoms with van der Waals surface area (Å²) in [6.07, 6.45) is 1.54. The normalized spacial score (nSPS) is 13.3. The lowest BCUT2D eigenvalue weighted by Crippen LogP contribution is -2.46. The van der Waals surface area contributed by atoms with Gasteiger partial charge in [-0.25, -0.2) is 9.59 Å². The van der Waals surface area contributed by atoms with Crippen molar-refractivity contribution in [1.82, 2.24) is 10.6 Å². The molecule has 0 heterocycles. The third-order valence-corrected chi connectivity index (χ3v) is 2.94. The predicted molar refractivity (Wildman–Crippen MR) is 68.4 cm³/mol. The van der Waals surface area contributed by atoms with Crippen molar-refractivity contribution >= 4 is 28.8 Å². The Morgan fingerprint density at radius 1 is 1.26 bits per heavy atom. The largest absolute Gasteiger partial charge is 0.481 e. The first-order valence-corrected chi connectivity index (χ1v) is 7.34. The van der Waals surface area contributed by atoms with Gasteiger partial charge in [-0.05, 0) is 12.8 Å². The number of carbonyl (C=O) groups is 3. The lowest BCUT2D eigenvalue weighted by molar-refractivity contribution is -0.140. The van der Waals surface area contributed by atoms with Crippen LogP contribution >= 0.6 is 0 Å². The summed E-state index contributed by atoms with van der Waals surface area (Å²) in [6.45, 7) is 0.177. The molecule has 8 nitrogen and oxygen atoms in total. The topological polar surface area (TPSA) is 133 Å². The van der Waals surface area contributed by atoms with Gasteiger partial charge in [-0.2, -0.15) is 0 Å². The SMILES string of the molecule is CS(=O)CCNC(=O)N[C@H](CCCC(=O)O)C(=O)O. The third kappa shape index (κ3) is 10.0. The van der Waals surface area contributed by atoms with Gasteiger partial charge in [0.15, 0.2) is 0 Å². The van der Waals surface area contributed by atoms with Gasteiger partial charge in [0.25, 0.3) is 0 Å². The minimum atomic E-state index is -1.22. The van der Waals surface area contributed by atoms with Gasteiger partial charge in [-0.15, -0.1) is 0 Å². The second kappa shape index (κ2) is 9.31. The second-order valence-electron chi connectivity index (χ2n) is 3.85. The zero-order chi connectivity index (χ0) is 14.8. The minimum absolute atomic E-state index is 0.0365. The molecule has 0 saturated carbocycles. The van der Waals surface area contributed by atoms with Gasteiger partial charge in [-0.1, -0.05) is 0 Å². The Labute approximate surface area is 113 Å². The molecule has 4 N–H and O–H groups in total. The van der Waals surface area contributed by atoms with Crippen LogP contribution in [0.3, 0.4) is 0 Å². The number of carboxylic acids is 2. The number of hydrogen-bond acceptors (Lipinski definition) is 4. The number of hydrogen-bond donors (Lipinski definition) is 4. The van der Waals surface area contributed by atoms with Crippen molar-refractivity contribution in [3.05, 3.63) is 0 Å². The molecular formula is C10H18N2O6S. The molecule has 0 aliphatic carbocycles. The smallest absolute Gasteiger partial charge is 0.326 e. The van der Waals surface area contributed by atoms with E-state index in [1.807, 2.05) is 0 Å². The first-order valence-electron chi connectivity index (χ1n) is 5.62. The van der Waals surface area contributed by atoms with E-state index in [2.05, 4.69) is 10.6 Å². The number of urea groups is 1. The van der Waals surface area contributed by atoms with Crippen LogP contribution in [0, 0.1) is 0 Å². The molecule has 110 valence electrons. The van der Waals surface area contributed by atoms with E-state index in [9.17, 15) is 18.6 Å². The zero-order valence-corrected chi connectivity index (χ0v) is 11.4. The molecule has 0 aliphatic heterocycles. The van der Waals surface area contributed by atoms with E-state index in [4.69, 9.17) is 10.2 Å². The maximum Gasteiger partial charge on any atom is 0.326 e. The Hall–Kier alpha value is -1.64. The second-order valence-corrected chi connectivity index (χ2v) is 5.41. The molecular weight excluding hydrogens is 276 g/mol. The van der Waals surface area contributed by atoms with Crippen LogP contribution < -0.4 is 10.6 Å². The van der Waals surface area contributed by atoms with Crippen LogP contribution in [0.4, 0.5) is 4.79 Å². The number of carboxylic acid groups (broad SMARTS) is 2. The van der Waals surface area contributed by atoms with E-state index < -0.39 is 34.8 Å². The molecule has 0 radical (unpaired) electrons. The van der Waals surface area contributed by atoms with E-state index in [1.54, 1.807) is 0 Å². The molecule has 19 heavy (non-hydrogen) atoms. The molecule has 1 unspecified atom stereocenters. The van der Waals surface area contributed by atoms with E-state index >= 15 is 0 Å². The molecule has 0 aromatic heterocycles.